The van der Waals surface area contributed by atoms with Gasteiger partial charge in [-0.25, -0.2) is 0 Å². The minimum absolute atomic E-state index is 0.000743. The van der Waals surface area contributed by atoms with Gasteiger partial charge < -0.3 is 9.67 Å². The second kappa shape index (κ2) is 6.20. The van der Waals surface area contributed by atoms with Crippen molar-refractivity contribution >= 4 is 5.97 Å². The number of carboxylic acids is 1. The Morgan fingerprint density at radius 3 is 2.71 bits per heavy atom. The van der Waals surface area contributed by atoms with E-state index in [0.717, 1.165) is 0 Å². The summed E-state index contributed by atoms with van der Waals surface area (Å²) in [5.41, 5.74) is -0.0634. The van der Waals surface area contributed by atoms with Crippen LogP contribution in [0.15, 0.2) is 29.2 Å². The SMILES string of the molecule is CC(C)N(CCn1ccccc1=O)CC(=O)O. The Morgan fingerprint density at radius 2 is 2.18 bits per heavy atom. The molecule has 0 bridgehead atoms. The van der Waals surface area contributed by atoms with E-state index in [0.29, 0.717) is 13.1 Å². The van der Waals surface area contributed by atoms with Crippen molar-refractivity contribution < 1.29 is 9.90 Å². The van der Waals surface area contributed by atoms with Gasteiger partial charge in [-0.2, -0.15) is 0 Å². The van der Waals surface area contributed by atoms with Crippen LogP contribution in [0.5, 0.6) is 0 Å². The summed E-state index contributed by atoms with van der Waals surface area (Å²) >= 11 is 0. The largest absolute Gasteiger partial charge is 0.480 e. The van der Waals surface area contributed by atoms with Crippen LogP contribution < -0.4 is 5.56 Å². The van der Waals surface area contributed by atoms with E-state index in [1.54, 1.807) is 22.9 Å². The third kappa shape index (κ3) is 4.40. The number of rotatable bonds is 6. The molecule has 0 aromatic carbocycles. The summed E-state index contributed by atoms with van der Waals surface area (Å²) in [6.45, 7) is 4.94. The maximum absolute atomic E-state index is 11.5. The molecule has 0 atom stereocenters. The van der Waals surface area contributed by atoms with Gasteiger partial charge in [0.05, 0.1) is 6.54 Å². The Morgan fingerprint density at radius 1 is 1.47 bits per heavy atom. The lowest BCUT2D eigenvalue weighted by atomic mass is 10.3. The highest BCUT2D eigenvalue weighted by molar-refractivity contribution is 5.69. The molecule has 0 saturated heterocycles. The summed E-state index contributed by atoms with van der Waals surface area (Å²) in [6, 6.07) is 5.12. The number of aromatic nitrogens is 1. The first-order valence-electron chi connectivity index (χ1n) is 5.62. The number of hydrogen-bond donors (Lipinski definition) is 1. The second-order valence-corrected chi connectivity index (χ2v) is 4.19. The van der Waals surface area contributed by atoms with Crippen LogP contribution in [0.2, 0.25) is 0 Å². The van der Waals surface area contributed by atoms with Gasteiger partial charge in [0.25, 0.3) is 5.56 Å². The van der Waals surface area contributed by atoms with Crippen LogP contribution in [0.3, 0.4) is 0 Å². The number of carboxylic acid groups (broad SMARTS) is 1. The van der Waals surface area contributed by atoms with E-state index < -0.39 is 5.97 Å². The molecule has 17 heavy (non-hydrogen) atoms. The second-order valence-electron chi connectivity index (χ2n) is 4.19. The fourth-order valence-electron chi connectivity index (χ4n) is 1.58. The van der Waals surface area contributed by atoms with E-state index in [4.69, 9.17) is 5.11 Å². The molecule has 0 aliphatic carbocycles. The lowest BCUT2D eigenvalue weighted by Gasteiger charge is -2.24. The molecule has 0 amide bonds. The van der Waals surface area contributed by atoms with Gasteiger partial charge in [0.15, 0.2) is 0 Å². The van der Waals surface area contributed by atoms with Crippen molar-refractivity contribution in [2.75, 3.05) is 13.1 Å². The van der Waals surface area contributed by atoms with Crippen LogP contribution in [0.25, 0.3) is 0 Å². The highest BCUT2D eigenvalue weighted by Gasteiger charge is 2.12. The summed E-state index contributed by atoms with van der Waals surface area (Å²) in [6.07, 6.45) is 1.71. The van der Waals surface area contributed by atoms with Gasteiger partial charge in [-0.3, -0.25) is 14.5 Å². The van der Waals surface area contributed by atoms with Crippen molar-refractivity contribution in [1.29, 1.82) is 0 Å². The predicted molar refractivity (Wildman–Crippen MR) is 65.0 cm³/mol. The Labute approximate surface area is 100 Å². The maximum Gasteiger partial charge on any atom is 0.317 e. The lowest BCUT2D eigenvalue weighted by molar-refractivity contribution is -0.138. The molecule has 1 aromatic rings. The molecule has 0 spiro atoms. The molecule has 94 valence electrons. The topological polar surface area (TPSA) is 62.5 Å². The number of aliphatic carboxylic acids is 1. The van der Waals surface area contributed by atoms with Crippen molar-refractivity contribution in [2.45, 2.75) is 26.4 Å². The summed E-state index contributed by atoms with van der Waals surface area (Å²) in [7, 11) is 0. The molecule has 1 N–H and O–H groups in total. The summed E-state index contributed by atoms with van der Waals surface area (Å²) in [4.78, 5) is 24.0. The number of pyridine rings is 1. The molecule has 1 rings (SSSR count). The first kappa shape index (κ1) is 13.4. The fourth-order valence-corrected chi connectivity index (χ4v) is 1.58. The number of carbonyl (C=O) groups is 1. The van der Waals surface area contributed by atoms with Crippen molar-refractivity contribution in [2.24, 2.45) is 0 Å². The van der Waals surface area contributed by atoms with E-state index >= 15 is 0 Å². The fraction of sp³-hybridized carbons (Fsp3) is 0.500. The number of hydrogen-bond acceptors (Lipinski definition) is 3. The molecule has 5 nitrogen and oxygen atoms in total. The van der Waals surface area contributed by atoms with Crippen LogP contribution in [0.4, 0.5) is 0 Å². The molecule has 1 aromatic heterocycles. The Hall–Kier alpha value is -1.62. The average molecular weight is 238 g/mol. The predicted octanol–water partition coefficient (Wildman–Crippen LogP) is 0.643. The van der Waals surface area contributed by atoms with Crippen LogP contribution >= 0.6 is 0 Å². The molecule has 0 aliphatic heterocycles. The van der Waals surface area contributed by atoms with Crippen LogP contribution in [-0.2, 0) is 11.3 Å². The van der Waals surface area contributed by atoms with E-state index in [-0.39, 0.29) is 18.1 Å². The van der Waals surface area contributed by atoms with E-state index in [9.17, 15) is 9.59 Å². The van der Waals surface area contributed by atoms with Gasteiger partial charge >= 0.3 is 5.97 Å². The zero-order valence-electron chi connectivity index (χ0n) is 10.2. The van der Waals surface area contributed by atoms with Gasteiger partial charge in [0, 0.05) is 31.4 Å². The van der Waals surface area contributed by atoms with E-state index in [2.05, 4.69) is 0 Å². The highest BCUT2D eigenvalue weighted by atomic mass is 16.4. The molecule has 0 saturated carbocycles. The molecule has 0 radical (unpaired) electrons. The average Bonchev–Trinajstić information content (AvgIpc) is 2.25. The molecular formula is C12H18N2O3. The minimum Gasteiger partial charge on any atom is -0.480 e. The third-order valence-corrected chi connectivity index (χ3v) is 2.60. The monoisotopic (exact) mass is 238 g/mol. The zero-order chi connectivity index (χ0) is 12.8. The van der Waals surface area contributed by atoms with Gasteiger partial charge in [-0.15, -0.1) is 0 Å². The molecule has 0 aliphatic rings. The zero-order valence-corrected chi connectivity index (χ0v) is 10.2. The number of nitrogens with zero attached hydrogens (tertiary/aromatic N) is 2. The van der Waals surface area contributed by atoms with Crippen LogP contribution in [-0.4, -0.2) is 39.7 Å². The van der Waals surface area contributed by atoms with Crippen molar-refractivity contribution in [3.8, 4) is 0 Å². The first-order valence-corrected chi connectivity index (χ1v) is 5.62. The van der Waals surface area contributed by atoms with Crippen molar-refractivity contribution in [1.82, 2.24) is 9.47 Å². The van der Waals surface area contributed by atoms with Crippen molar-refractivity contribution in [3.05, 3.63) is 34.7 Å². The van der Waals surface area contributed by atoms with E-state index in [1.807, 2.05) is 18.7 Å². The van der Waals surface area contributed by atoms with Gasteiger partial charge in [-0.1, -0.05) is 6.07 Å². The van der Waals surface area contributed by atoms with Gasteiger partial charge in [0.2, 0.25) is 0 Å². The Balaban J connectivity index is 2.61. The Bertz CT molecular complexity index is 426. The molecule has 1 heterocycles. The normalized spacial score (nSPS) is 11.1. The summed E-state index contributed by atoms with van der Waals surface area (Å²) in [5, 5.41) is 8.77. The quantitative estimate of drug-likeness (QED) is 0.790. The first-order chi connectivity index (χ1) is 8.00. The highest BCUT2D eigenvalue weighted by Crippen LogP contribution is 1.98. The van der Waals surface area contributed by atoms with Crippen LogP contribution in [0.1, 0.15) is 13.8 Å². The maximum atomic E-state index is 11.5. The summed E-state index contributed by atoms with van der Waals surface area (Å²) in [5.74, 6) is -0.848. The standard InChI is InChI=1S/C12H18N2O3/c1-10(2)14(9-12(16)17)8-7-13-6-4-3-5-11(13)15/h3-6,10H,7-9H2,1-2H3,(H,16,17). The van der Waals surface area contributed by atoms with Crippen LogP contribution in [0, 0.1) is 0 Å². The molecular weight excluding hydrogens is 220 g/mol. The van der Waals surface area contributed by atoms with E-state index in [1.165, 1.54) is 6.07 Å². The van der Waals surface area contributed by atoms with Gasteiger partial charge in [-0.05, 0) is 19.9 Å². The Kier molecular flexibility index (Phi) is 4.90. The minimum atomic E-state index is -0.848. The lowest BCUT2D eigenvalue weighted by Crippen LogP contribution is -2.39. The smallest absolute Gasteiger partial charge is 0.317 e. The third-order valence-electron chi connectivity index (χ3n) is 2.60. The summed E-state index contributed by atoms with van der Waals surface area (Å²) < 4.78 is 1.58. The molecule has 0 unspecified atom stereocenters. The molecule has 5 heteroatoms. The van der Waals surface area contributed by atoms with Gasteiger partial charge in [0.1, 0.15) is 0 Å². The molecule has 0 fully saturated rings. The van der Waals surface area contributed by atoms with Crippen molar-refractivity contribution in [3.63, 3.8) is 0 Å².